The fourth-order valence-electron chi connectivity index (χ4n) is 3.46. The van der Waals surface area contributed by atoms with Gasteiger partial charge >= 0.3 is 0 Å². The van der Waals surface area contributed by atoms with Crippen LogP contribution < -0.4 is 0 Å². The Morgan fingerprint density at radius 1 is 0.743 bits per heavy atom. The molecule has 2 rings (SSSR count). The lowest BCUT2D eigenvalue weighted by Gasteiger charge is -1.96. The number of hydrogen-bond donors (Lipinski definition) is 0. The van der Waals surface area contributed by atoms with Crippen LogP contribution in [0.5, 0.6) is 0 Å². The van der Waals surface area contributed by atoms with Crippen molar-refractivity contribution in [1.82, 2.24) is 19.6 Å². The van der Waals surface area contributed by atoms with E-state index in [-0.39, 0.29) is 0 Å². The third-order valence-electron chi connectivity index (χ3n) is 5.49. The number of rotatable bonds is 12. The van der Waals surface area contributed by atoms with E-state index in [1.165, 1.54) is 77.0 Å². The van der Waals surface area contributed by atoms with E-state index in [1.807, 2.05) is 44.8 Å². The van der Waals surface area contributed by atoms with Crippen LogP contribution in [0.15, 0.2) is 12.1 Å². The molecule has 2 aromatic rings. The van der Waals surface area contributed by atoms with Crippen molar-refractivity contribution >= 4 is 11.6 Å². The third kappa shape index (κ3) is 18.8. The Kier molecular flexibility index (Phi) is 20.9. The van der Waals surface area contributed by atoms with Crippen LogP contribution in [0.25, 0.3) is 0 Å². The average Bonchev–Trinajstić information content (AvgIpc) is 3.30. The monoisotopic (exact) mass is 500 g/mol. The first-order chi connectivity index (χ1) is 16.8. The molecule has 0 N–H and O–H groups in total. The first-order valence-corrected chi connectivity index (χ1v) is 13.8. The quantitative estimate of drug-likeness (QED) is 0.216. The minimum Gasteiger partial charge on any atom is -0.260 e. The van der Waals surface area contributed by atoms with E-state index in [9.17, 15) is 0 Å². The van der Waals surface area contributed by atoms with Gasteiger partial charge in [-0.25, -0.2) is 0 Å². The molecule has 196 valence electrons. The van der Waals surface area contributed by atoms with Crippen molar-refractivity contribution in [1.29, 1.82) is 0 Å². The summed E-state index contributed by atoms with van der Waals surface area (Å²) in [7, 11) is 3.76. The van der Waals surface area contributed by atoms with Gasteiger partial charge in [0.2, 0.25) is 0 Å². The van der Waals surface area contributed by atoms with Crippen LogP contribution in [0.3, 0.4) is 0 Å². The molecule has 0 aliphatic carbocycles. The number of halogens is 1. The summed E-state index contributed by atoms with van der Waals surface area (Å²) in [6, 6.07) is 3.86. The van der Waals surface area contributed by atoms with E-state index in [2.05, 4.69) is 41.8 Å². The number of terminal acetylenes is 1. The number of nitrogens with zero attached hydrogens (tertiary/aromatic N) is 4. The zero-order valence-electron chi connectivity index (χ0n) is 23.3. The summed E-state index contributed by atoms with van der Waals surface area (Å²) in [5.74, 6) is 9.08. The molecule has 2 heterocycles. The normalized spacial score (nSPS) is 9.77. The van der Waals surface area contributed by atoms with Gasteiger partial charge < -0.3 is 0 Å². The van der Waals surface area contributed by atoms with E-state index in [4.69, 9.17) is 18.0 Å². The van der Waals surface area contributed by atoms with Gasteiger partial charge in [-0.05, 0) is 44.7 Å². The summed E-state index contributed by atoms with van der Waals surface area (Å²) in [4.78, 5) is 0. The first kappa shape index (κ1) is 32.8. The molecule has 0 bridgehead atoms. The van der Waals surface area contributed by atoms with Gasteiger partial charge in [0.1, 0.15) is 10.8 Å². The van der Waals surface area contributed by atoms with Crippen molar-refractivity contribution in [2.45, 2.75) is 118 Å². The van der Waals surface area contributed by atoms with Crippen molar-refractivity contribution in [2.75, 3.05) is 0 Å². The fraction of sp³-hybridized carbons (Fsp3) is 0.667. The van der Waals surface area contributed by atoms with Gasteiger partial charge in [0.05, 0.1) is 11.4 Å². The number of aromatic nitrogens is 4. The van der Waals surface area contributed by atoms with E-state index in [0.717, 1.165) is 29.9 Å². The van der Waals surface area contributed by atoms with Crippen molar-refractivity contribution < 1.29 is 0 Å². The zero-order valence-corrected chi connectivity index (χ0v) is 24.1. The van der Waals surface area contributed by atoms with E-state index in [0.29, 0.717) is 5.15 Å². The van der Waals surface area contributed by atoms with Crippen molar-refractivity contribution in [3.63, 3.8) is 0 Å². The minimum absolute atomic E-state index is 0.683. The zero-order chi connectivity index (χ0) is 26.3. The smallest absolute Gasteiger partial charge is 0.126 e. The Labute approximate surface area is 221 Å². The number of hydrogen-bond acceptors (Lipinski definition) is 2. The van der Waals surface area contributed by atoms with E-state index >= 15 is 0 Å². The molecule has 0 amide bonds. The summed E-state index contributed by atoms with van der Waals surface area (Å²) < 4.78 is 3.49. The Balaban J connectivity index is 0.000000544. The first-order valence-electron chi connectivity index (χ1n) is 13.4. The summed E-state index contributed by atoms with van der Waals surface area (Å²) in [5.41, 5.74) is 3.02. The molecule has 0 atom stereocenters. The fourth-order valence-corrected chi connectivity index (χ4v) is 3.66. The second-order valence-corrected chi connectivity index (χ2v) is 9.46. The van der Waals surface area contributed by atoms with Gasteiger partial charge in [-0.15, -0.1) is 12.3 Å². The third-order valence-corrected chi connectivity index (χ3v) is 5.85. The van der Waals surface area contributed by atoms with Gasteiger partial charge in [-0.3, -0.25) is 9.36 Å². The molecular weight excluding hydrogens is 452 g/mol. The van der Waals surface area contributed by atoms with E-state index in [1.54, 1.807) is 4.68 Å². The number of aryl methyl sites for hydroxylation is 4. The van der Waals surface area contributed by atoms with Crippen LogP contribution in [0.2, 0.25) is 5.15 Å². The lowest BCUT2D eigenvalue weighted by Crippen LogP contribution is -1.93. The predicted molar refractivity (Wildman–Crippen MR) is 153 cm³/mol. The maximum Gasteiger partial charge on any atom is 0.126 e. The molecule has 2 aromatic heterocycles. The Morgan fingerprint density at radius 3 is 1.63 bits per heavy atom. The standard InChI is InChI=1S/C15H24N2.C10H18.C5H7ClN2/c1-4-5-6-7-8-9-10-11-12-15-13-14(2)16-17(15)3;1-3-5-7-9-10-8-6-4-2;1-4-3-5(6)8(2)7-4/h13H,4-10H2,1-3H3;1H,4-10H2,2H3;3H,1-2H3. The Bertz CT molecular complexity index is 857. The van der Waals surface area contributed by atoms with Gasteiger partial charge in [-0.2, -0.15) is 10.2 Å². The molecule has 0 saturated carbocycles. The van der Waals surface area contributed by atoms with Crippen molar-refractivity contribution in [3.05, 3.63) is 34.4 Å². The Morgan fingerprint density at radius 2 is 1.23 bits per heavy atom. The van der Waals surface area contributed by atoms with Crippen LogP contribution in [0, 0.1) is 38.0 Å². The maximum absolute atomic E-state index is 5.63. The topological polar surface area (TPSA) is 35.6 Å². The summed E-state index contributed by atoms with van der Waals surface area (Å²) >= 11 is 5.63. The molecule has 0 fully saturated rings. The highest BCUT2D eigenvalue weighted by Crippen LogP contribution is 2.08. The van der Waals surface area contributed by atoms with Gasteiger partial charge in [0, 0.05) is 26.9 Å². The SMILES string of the molecule is C#CCCCCCCCC.CCCCCCCCC#Cc1cc(C)nn1C.Cc1cc(Cl)n(C)n1. The molecule has 35 heavy (non-hydrogen) atoms. The van der Waals surface area contributed by atoms with Crippen LogP contribution in [0.1, 0.15) is 121 Å². The molecule has 0 unspecified atom stereocenters. The lowest BCUT2D eigenvalue weighted by molar-refractivity contribution is 0.614. The summed E-state index contributed by atoms with van der Waals surface area (Å²) in [6.07, 6.45) is 23.1. The van der Waals surface area contributed by atoms with Crippen LogP contribution >= 0.6 is 11.6 Å². The molecule has 0 saturated heterocycles. The van der Waals surface area contributed by atoms with Gasteiger partial charge in [-0.1, -0.05) is 95.6 Å². The van der Waals surface area contributed by atoms with Crippen LogP contribution in [-0.4, -0.2) is 19.6 Å². The summed E-state index contributed by atoms with van der Waals surface area (Å²) in [5, 5.41) is 8.95. The Hall–Kier alpha value is -2.17. The highest BCUT2D eigenvalue weighted by atomic mass is 35.5. The van der Waals surface area contributed by atoms with Crippen LogP contribution in [-0.2, 0) is 14.1 Å². The molecule has 0 aromatic carbocycles. The molecule has 0 radical (unpaired) electrons. The van der Waals surface area contributed by atoms with Gasteiger partial charge in [0.25, 0.3) is 0 Å². The lowest BCUT2D eigenvalue weighted by atomic mass is 10.1. The largest absolute Gasteiger partial charge is 0.260 e. The molecule has 0 spiro atoms. The molecule has 0 aliphatic rings. The second-order valence-electron chi connectivity index (χ2n) is 9.07. The van der Waals surface area contributed by atoms with Crippen molar-refractivity contribution in [2.24, 2.45) is 14.1 Å². The highest BCUT2D eigenvalue weighted by molar-refractivity contribution is 6.29. The summed E-state index contributed by atoms with van der Waals surface area (Å²) in [6.45, 7) is 8.40. The number of unbranched alkanes of at least 4 members (excludes halogenated alkanes) is 12. The molecule has 4 nitrogen and oxygen atoms in total. The average molecular weight is 501 g/mol. The van der Waals surface area contributed by atoms with Crippen LogP contribution in [0.4, 0.5) is 0 Å². The van der Waals surface area contributed by atoms with E-state index < -0.39 is 0 Å². The second kappa shape index (κ2) is 22.3. The van der Waals surface area contributed by atoms with Crippen molar-refractivity contribution in [3.8, 4) is 24.2 Å². The van der Waals surface area contributed by atoms with Gasteiger partial charge in [0.15, 0.2) is 0 Å². The minimum atomic E-state index is 0.683. The maximum atomic E-state index is 5.63. The molecular formula is C30H49ClN4. The highest BCUT2D eigenvalue weighted by Gasteiger charge is 1.96. The molecule has 5 heteroatoms. The predicted octanol–water partition coefficient (Wildman–Crippen LogP) is 8.58. The molecule has 0 aliphatic heterocycles.